The maximum absolute atomic E-state index is 9.85. The van der Waals surface area contributed by atoms with Crippen LogP contribution in [-0.4, -0.2) is 51.7 Å². The number of nitrogens with zero attached hydrogens (tertiary/aromatic N) is 2. The van der Waals surface area contributed by atoms with Crippen molar-refractivity contribution in [1.82, 2.24) is 9.88 Å². The van der Waals surface area contributed by atoms with Crippen molar-refractivity contribution in [2.45, 2.75) is 31.3 Å². The van der Waals surface area contributed by atoms with E-state index in [9.17, 15) is 9.59 Å². The number of carboxylic acids is 2. The summed E-state index contributed by atoms with van der Waals surface area (Å²) < 4.78 is 0. The summed E-state index contributed by atoms with van der Waals surface area (Å²) in [6.07, 6.45) is 5.87. The van der Waals surface area contributed by atoms with E-state index in [1.807, 2.05) is 18.5 Å². The molecule has 0 radical (unpaired) electrons. The molecule has 1 saturated heterocycles. The molecule has 2 rings (SSSR count). The van der Waals surface area contributed by atoms with Gasteiger partial charge < -0.3 is 15.9 Å². The standard InChI is InChI=1S/C10H14N2.C4H7NO4/c1-12-7-3-5-10(12)9-4-2-6-11-8-9;5-2(4(8)9)1-3(6)7/h2,4,6,8,10H,3,5,7H2,1H3;2H,1,5H2,(H,6,7)(H,8,9)/t;2-/m.0/s1. The number of likely N-dealkylation sites (tertiary alicyclic amines) is 1. The smallest absolute Gasteiger partial charge is 0.321 e. The van der Waals surface area contributed by atoms with E-state index in [0.29, 0.717) is 6.04 Å². The second-order valence-corrected chi connectivity index (χ2v) is 4.97. The van der Waals surface area contributed by atoms with Gasteiger partial charge in [0.15, 0.2) is 0 Å². The van der Waals surface area contributed by atoms with E-state index in [0.717, 1.165) is 0 Å². The van der Waals surface area contributed by atoms with Gasteiger partial charge in [-0.3, -0.25) is 19.5 Å². The zero-order valence-corrected chi connectivity index (χ0v) is 12.0. The van der Waals surface area contributed by atoms with Gasteiger partial charge >= 0.3 is 11.9 Å². The number of pyridine rings is 1. The Morgan fingerprint density at radius 1 is 1.52 bits per heavy atom. The lowest BCUT2D eigenvalue weighted by molar-refractivity contribution is -0.144. The van der Waals surface area contributed by atoms with Crippen molar-refractivity contribution >= 4 is 11.9 Å². The highest BCUT2D eigenvalue weighted by Crippen LogP contribution is 2.29. The highest BCUT2D eigenvalue weighted by atomic mass is 16.4. The first-order valence-electron chi connectivity index (χ1n) is 6.72. The lowest BCUT2D eigenvalue weighted by atomic mass is 10.1. The van der Waals surface area contributed by atoms with Crippen LogP contribution in [0.25, 0.3) is 0 Å². The summed E-state index contributed by atoms with van der Waals surface area (Å²) in [6.45, 7) is 1.22. The van der Waals surface area contributed by atoms with Gasteiger partial charge in [0.25, 0.3) is 0 Å². The maximum atomic E-state index is 9.85. The summed E-state index contributed by atoms with van der Waals surface area (Å²) in [5.41, 5.74) is 6.20. The van der Waals surface area contributed by atoms with Gasteiger partial charge in [0.05, 0.1) is 6.42 Å². The minimum Gasteiger partial charge on any atom is -0.481 e. The molecule has 0 bridgehead atoms. The summed E-state index contributed by atoms with van der Waals surface area (Å²) in [5.74, 6) is -2.50. The normalized spacial score (nSPS) is 19.4. The molecule has 7 nitrogen and oxygen atoms in total. The van der Waals surface area contributed by atoms with E-state index < -0.39 is 24.4 Å². The molecule has 1 aliphatic rings. The Morgan fingerprint density at radius 3 is 2.62 bits per heavy atom. The molecule has 0 aliphatic carbocycles. The van der Waals surface area contributed by atoms with Crippen molar-refractivity contribution in [2.24, 2.45) is 5.73 Å². The fourth-order valence-electron chi connectivity index (χ4n) is 2.18. The molecule has 0 spiro atoms. The molecule has 1 unspecified atom stereocenters. The fourth-order valence-corrected chi connectivity index (χ4v) is 2.18. The maximum Gasteiger partial charge on any atom is 0.321 e. The summed E-state index contributed by atoms with van der Waals surface area (Å²) >= 11 is 0. The molecule has 0 aromatic carbocycles. The number of aromatic nitrogens is 1. The van der Waals surface area contributed by atoms with Crippen LogP contribution < -0.4 is 5.73 Å². The van der Waals surface area contributed by atoms with Gasteiger partial charge in [-0.25, -0.2) is 0 Å². The van der Waals surface area contributed by atoms with Crippen molar-refractivity contribution < 1.29 is 19.8 Å². The number of rotatable bonds is 4. The van der Waals surface area contributed by atoms with Crippen LogP contribution in [0.4, 0.5) is 0 Å². The molecule has 2 atom stereocenters. The highest BCUT2D eigenvalue weighted by Gasteiger charge is 2.21. The highest BCUT2D eigenvalue weighted by molar-refractivity contribution is 5.80. The van der Waals surface area contributed by atoms with E-state index >= 15 is 0 Å². The summed E-state index contributed by atoms with van der Waals surface area (Å²) in [4.78, 5) is 26.2. The van der Waals surface area contributed by atoms with Crippen LogP contribution in [0.15, 0.2) is 24.5 Å². The Balaban J connectivity index is 0.000000222. The van der Waals surface area contributed by atoms with Crippen LogP contribution >= 0.6 is 0 Å². The predicted molar refractivity (Wildman–Crippen MR) is 76.7 cm³/mol. The van der Waals surface area contributed by atoms with E-state index in [1.54, 1.807) is 0 Å². The second-order valence-electron chi connectivity index (χ2n) is 4.97. The van der Waals surface area contributed by atoms with E-state index in [2.05, 4.69) is 23.0 Å². The predicted octanol–water partition coefficient (Wildman–Crippen LogP) is 0.721. The van der Waals surface area contributed by atoms with Gasteiger partial charge in [-0.05, 0) is 38.1 Å². The third-order valence-electron chi connectivity index (χ3n) is 3.30. The summed E-state index contributed by atoms with van der Waals surface area (Å²) in [6, 6.07) is 3.50. The van der Waals surface area contributed by atoms with Gasteiger partial charge in [0.1, 0.15) is 6.04 Å². The molecule has 0 saturated carbocycles. The molecule has 21 heavy (non-hydrogen) atoms. The van der Waals surface area contributed by atoms with Crippen LogP contribution in [0, 0.1) is 0 Å². The molecular weight excluding hydrogens is 274 g/mol. The molecular formula is C14H21N3O4. The molecule has 7 heteroatoms. The molecule has 1 aliphatic heterocycles. The minimum atomic E-state index is -1.29. The van der Waals surface area contributed by atoms with Crippen molar-refractivity contribution in [3.63, 3.8) is 0 Å². The molecule has 1 aromatic heterocycles. The zero-order valence-electron chi connectivity index (χ0n) is 12.0. The lowest BCUT2D eigenvalue weighted by Crippen LogP contribution is -2.32. The van der Waals surface area contributed by atoms with Crippen LogP contribution in [0.2, 0.25) is 0 Å². The van der Waals surface area contributed by atoms with Crippen LogP contribution in [0.1, 0.15) is 30.9 Å². The first-order chi connectivity index (χ1) is 9.91. The Kier molecular flexibility index (Phi) is 6.77. The fraction of sp³-hybridized carbons (Fsp3) is 0.500. The van der Waals surface area contributed by atoms with Gasteiger partial charge in [0, 0.05) is 18.4 Å². The third-order valence-corrected chi connectivity index (χ3v) is 3.30. The van der Waals surface area contributed by atoms with Gasteiger partial charge in [-0.2, -0.15) is 0 Å². The van der Waals surface area contributed by atoms with Gasteiger partial charge in [-0.1, -0.05) is 6.07 Å². The van der Waals surface area contributed by atoms with Crippen molar-refractivity contribution in [2.75, 3.05) is 13.6 Å². The molecule has 0 amide bonds. The molecule has 116 valence electrons. The second kappa shape index (κ2) is 8.33. The minimum absolute atomic E-state index is 0.532. The number of carboxylic acid groups (broad SMARTS) is 2. The number of aliphatic carboxylic acids is 2. The average molecular weight is 295 g/mol. The quantitative estimate of drug-likeness (QED) is 0.749. The lowest BCUT2D eigenvalue weighted by Gasteiger charge is -2.18. The average Bonchev–Trinajstić information content (AvgIpc) is 2.86. The number of nitrogens with two attached hydrogens (primary N) is 1. The Hall–Kier alpha value is -1.99. The SMILES string of the molecule is CN1CCCC1c1cccnc1.N[C@@H](CC(=O)O)C(=O)O. The Morgan fingerprint density at radius 2 is 2.24 bits per heavy atom. The van der Waals surface area contributed by atoms with Crippen LogP contribution in [0.5, 0.6) is 0 Å². The molecule has 2 heterocycles. The van der Waals surface area contributed by atoms with E-state index in [1.165, 1.54) is 24.9 Å². The van der Waals surface area contributed by atoms with Crippen LogP contribution in [0.3, 0.4) is 0 Å². The first-order valence-corrected chi connectivity index (χ1v) is 6.72. The Bertz CT molecular complexity index is 467. The molecule has 4 N–H and O–H groups in total. The largest absolute Gasteiger partial charge is 0.481 e. The van der Waals surface area contributed by atoms with Crippen LogP contribution in [-0.2, 0) is 9.59 Å². The Labute approximate surface area is 123 Å². The van der Waals surface area contributed by atoms with Gasteiger partial charge in [0.2, 0.25) is 0 Å². The number of hydrogen-bond acceptors (Lipinski definition) is 5. The number of hydrogen-bond donors (Lipinski definition) is 3. The topological polar surface area (TPSA) is 117 Å². The van der Waals surface area contributed by atoms with E-state index in [4.69, 9.17) is 15.9 Å². The molecule has 1 aromatic rings. The first kappa shape index (κ1) is 17.1. The number of carbonyl (C=O) groups is 2. The summed E-state index contributed by atoms with van der Waals surface area (Å²) in [7, 11) is 2.19. The van der Waals surface area contributed by atoms with E-state index in [-0.39, 0.29) is 0 Å². The van der Waals surface area contributed by atoms with Crippen molar-refractivity contribution in [3.05, 3.63) is 30.1 Å². The summed E-state index contributed by atoms with van der Waals surface area (Å²) in [5, 5.41) is 16.0. The molecule has 1 fully saturated rings. The van der Waals surface area contributed by atoms with Crippen molar-refractivity contribution in [1.29, 1.82) is 0 Å². The monoisotopic (exact) mass is 295 g/mol. The van der Waals surface area contributed by atoms with Crippen molar-refractivity contribution in [3.8, 4) is 0 Å². The van der Waals surface area contributed by atoms with Gasteiger partial charge in [-0.15, -0.1) is 0 Å². The zero-order chi connectivity index (χ0) is 15.8. The third kappa shape index (κ3) is 5.88.